The molecule has 29 heavy (non-hydrogen) atoms. The fraction of sp³-hybridized carbons (Fsp3) is 0.739. The Morgan fingerprint density at radius 2 is 1.52 bits per heavy atom. The van der Waals surface area contributed by atoms with E-state index in [9.17, 15) is 14.7 Å². The number of nitrogens with two attached hydrogens (primary N) is 1. The van der Waals surface area contributed by atoms with Gasteiger partial charge in [-0.15, -0.1) is 0 Å². The number of aliphatic hydroxyl groups is 2. The zero-order valence-corrected chi connectivity index (χ0v) is 18.3. The van der Waals surface area contributed by atoms with Crippen LogP contribution in [0.4, 0.5) is 0 Å². The van der Waals surface area contributed by atoms with E-state index in [-0.39, 0.29) is 12.0 Å². The zero-order chi connectivity index (χ0) is 21.9. The van der Waals surface area contributed by atoms with Crippen LogP contribution >= 0.6 is 0 Å². The topological polar surface area (TPSA) is 110 Å². The van der Waals surface area contributed by atoms with Crippen LogP contribution in [0, 0.1) is 0 Å². The third-order valence-electron chi connectivity index (χ3n) is 4.78. The Balaban J connectivity index is 3.88. The highest BCUT2D eigenvalue weighted by atomic mass is 16.6. The molecule has 0 aliphatic heterocycles. The first-order chi connectivity index (χ1) is 13.9. The molecule has 0 radical (unpaired) electrons. The van der Waals surface area contributed by atoms with E-state index in [0.717, 1.165) is 32.1 Å². The first-order valence-corrected chi connectivity index (χ1v) is 11.0. The summed E-state index contributed by atoms with van der Waals surface area (Å²) in [5.74, 6) is -1.12. The van der Waals surface area contributed by atoms with Crippen molar-refractivity contribution in [1.82, 2.24) is 0 Å². The normalized spacial score (nSPS) is 14.1. The minimum atomic E-state index is -1.28. The molecular formula is C23H41NO5. The molecule has 0 saturated carbocycles. The van der Waals surface area contributed by atoms with E-state index < -0.39 is 30.7 Å². The summed E-state index contributed by atoms with van der Waals surface area (Å²) >= 11 is 0. The predicted octanol–water partition coefficient (Wildman–Crippen LogP) is 3.94. The molecule has 4 N–H and O–H groups in total. The summed E-state index contributed by atoms with van der Waals surface area (Å²) < 4.78 is 5.19. The highest BCUT2D eigenvalue weighted by Crippen LogP contribution is 2.12. The number of hydrogen-bond donors (Lipinski definition) is 3. The molecule has 0 aromatic carbocycles. The van der Waals surface area contributed by atoms with Gasteiger partial charge in [0.05, 0.1) is 6.61 Å². The van der Waals surface area contributed by atoms with E-state index in [2.05, 4.69) is 19.1 Å². The number of hydrogen-bond acceptors (Lipinski definition) is 5. The first kappa shape index (κ1) is 27.3. The van der Waals surface area contributed by atoms with E-state index in [1.165, 1.54) is 45.1 Å². The molecule has 0 spiro atoms. The van der Waals surface area contributed by atoms with Crippen LogP contribution in [0.5, 0.6) is 0 Å². The van der Waals surface area contributed by atoms with Crippen LogP contribution in [0.3, 0.4) is 0 Å². The van der Waals surface area contributed by atoms with Crippen LogP contribution in [0.15, 0.2) is 23.8 Å². The van der Waals surface area contributed by atoms with E-state index in [1.54, 1.807) is 0 Å². The molecule has 0 aromatic heterocycles. The van der Waals surface area contributed by atoms with Crippen LogP contribution < -0.4 is 5.73 Å². The monoisotopic (exact) mass is 411 g/mol. The van der Waals surface area contributed by atoms with Gasteiger partial charge in [0.15, 0.2) is 0 Å². The fourth-order valence-corrected chi connectivity index (χ4v) is 2.85. The van der Waals surface area contributed by atoms with Crippen molar-refractivity contribution < 1.29 is 24.5 Å². The lowest BCUT2D eigenvalue weighted by molar-refractivity contribution is -0.153. The second-order valence-corrected chi connectivity index (χ2v) is 7.55. The van der Waals surface area contributed by atoms with Crippen LogP contribution in [-0.4, -0.2) is 40.9 Å². The van der Waals surface area contributed by atoms with Gasteiger partial charge in [-0.2, -0.15) is 0 Å². The number of ether oxygens (including phenoxy) is 1. The van der Waals surface area contributed by atoms with Gasteiger partial charge in [-0.1, -0.05) is 57.6 Å². The zero-order valence-electron chi connectivity index (χ0n) is 18.3. The molecule has 0 aliphatic carbocycles. The molecule has 1 amide bonds. The smallest absolute Gasteiger partial charge is 0.306 e. The third kappa shape index (κ3) is 15.9. The predicted molar refractivity (Wildman–Crippen MR) is 116 cm³/mol. The number of unbranched alkanes of at least 4 members (excludes halogenated alkanes) is 9. The number of aliphatic hydroxyl groups excluding tert-OH is 2. The Bertz CT molecular complexity index is 501. The van der Waals surface area contributed by atoms with Crippen LogP contribution in [-0.2, 0) is 14.3 Å². The largest absolute Gasteiger partial charge is 0.455 e. The van der Waals surface area contributed by atoms with Crippen molar-refractivity contribution in [3.8, 4) is 0 Å². The second kappa shape index (κ2) is 18.4. The molecule has 0 aromatic rings. The minimum Gasteiger partial charge on any atom is -0.455 e. The number of esters is 1. The number of carbonyl (C=O) groups is 2. The van der Waals surface area contributed by atoms with Gasteiger partial charge in [0.2, 0.25) is 5.91 Å². The maximum atomic E-state index is 12.0. The van der Waals surface area contributed by atoms with E-state index in [1.807, 2.05) is 0 Å². The fourth-order valence-electron chi connectivity index (χ4n) is 2.85. The van der Waals surface area contributed by atoms with Gasteiger partial charge in [-0.05, 0) is 45.1 Å². The summed E-state index contributed by atoms with van der Waals surface area (Å²) in [6, 6.07) is 0. The van der Waals surface area contributed by atoms with E-state index in [0.29, 0.717) is 6.42 Å². The molecule has 0 rings (SSSR count). The highest BCUT2D eigenvalue weighted by molar-refractivity contribution is 5.91. The lowest BCUT2D eigenvalue weighted by Crippen LogP contribution is -2.33. The Kier molecular flexibility index (Phi) is 17.3. The summed E-state index contributed by atoms with van der Waals surface area (Å²) in [4.78, 5) is 23.1. The van der Waals surface area contributed by atoms with Gasteiger partial charge >= 0.3 is 5.97 Å². The Morgan fingerprint density at radius 1 is 0.966 bits per heavy atom. The van der Waals surface area contributed by atoms with Crippen molar-refractivity contribution in [3.63, 3.8) is 0 Å². The number of carbonyl (C=O) groups excluding carboxylic acids is 2. The number of primary amides is 1. The molecular weight excluding hydrogens is 370 g/mol. The molecule has 2 unspecified atom stereocenters. The molecule has 6 nitrogen and oxygen atoms in total. The maximum absolute atomic E-state index is 12.0. The van der Waals surface area contributed by atoms with Crippen molar-refractivity contribution in [2.24, 2.45) is 5.73 Å². The van der Waals surface area contributed by atoms with Crippen molar-refractivity contribution >= 4 is 11.9 Å². The number of amides is 1. The van der Waals surface area contributed by atoms with Crippen molar-refractivity contribution in [2.75, 3.05) is 6.61 Å². The van der Waals surface area contributed by atoms with Gasteiger partial charge in [0, 0.05) is 12.0 Å². The number of rotatable bonds is 18. The molecule has 0 aliphatic rings. The van der Waals surface area contributed by atoms with E-state index in [4.69, 9.17) is 15.6 Å². The molecule has 2 atom stereocenters. The summed E-state index contributed by atoms with van der Waals surface area (Å²) in [5.41, 5.74) is 5.32. The maximum Gasteiger partial charge on any atom is 0.306 e. The number of allylic oxidation sites excluding steroid dienone is 2. The Hall–Kier alpha value is -1.66. The van der Waals surface area contributed by atoms with Crippen molar-refractivity contribution in [2.45, 2.75) is 103 Å². The molecule has 168 valence electrons. The summed E-state index contributed by atoms with van der Waals surface area (Å²) in [7, 11) is 0. The van der Waals surface area contributed by atoms with Crippen molar-refractivity contribution in [1.29, 1.82) is 0 Å². The second-order valence-electron chi connectivity index (χ2n) is 7.55. The van der Waals surface area contributed by atoms with Crippen LogP contribution in [0.25, 0.3) is 0 Å². The SMILES string of the molecule is CCCCCC/C=C\CCCCCCCC(=O)OC(C=C(C)C(N)=O)C(O)CO. The third-order valence-corrected chi connectivity index (χ3v) is 4.78. The van der Waals surface area contributed by atoms with Gasteiger partial charge < -0.3 is 20.7 Å². The van der Waals surface area contributed by atoms with Crippen LogP contribution in [0.2, 0.25) is 0 Å². The van der Waals surface area contributed by atoms with Crippen molar-refractivity contribution in [3.05, 3.63) is 23.8 Å². The first-order valence-electron chi connectivity index (χ1n) is 11.0. The van der Waals surface area contributed by atoms with E-state index >= 15 is 0 Å². The average molecular weight is 412 g/mol. The quantitative estimate of drug-likeness (QED) is 0.137. The summed E-state index contributed by atoms with van der Waals surface area (Å²) in [5, 5.41) is 18.8. The summed E-state index contributed by atoms with van der Waals surface area (Å²) in [6.45, 7) is 3.12. The van der Waals surface area contributed by atoms with Crippen LogP contribution in [0.1, 0.15) is 90.9 Å². The highest BCUT2D eigenvalue weighted by Gasteiger charge is 2.21. The molecule has 0 heterocycles. The lowest BCUT2D eigenvalue weighted by atomic mass is 10.1. The summed E-state index contributed by atoms with van der Waals surface area (Å²) in [6.07, 6.45) is 16.3. The molecule has 0 fully saturated rings. The van der Waals surface area contributed by atoms with Gasteiger partial charge in [-0.25, -0.2) is 0 Å². The molecule has 0 saturated heterocycles. The molecule has 0 bridgehead atoms. The molecule has 6 heteroatoms. The standard InChI is InChI=1S/C23H41NO5/c1-3-4-5-6-7-8-9-10-11-12-13-14-15-16-22(27)29-21(20(26)18-25)17-19(2)23(24)28/h8-9,17,20-21,25-26H,3-7,10-16,18H2,1-2H3,(H2,24,28)/b9-8-,19-17?. The Morgan fingerprint density at radius 3 is 2.07 bits per heavy atom. The minimum absolute atomic E-state index is 0.172. The average Bonchev–Trinajstić information content (AvgIpc) is 2.70. The van der Waals surface area contributed by atoms with Gasteiger partial charge in [0.25, 0.3) is 0 Å². The Labute approximate surface area is 176 Å². The van der Waals surface area contributed by atoms with Gasteiger partial charge in [-0.3, -0.25) is 9.59 Å². The van der Waals surface area contributed by atoms with Gasteiger partial charge in [0.1, 0.15) is 12.2 Å². The lowest BCUT2D eigenvalue weighted by Gasteiger charge is -2.19.